The zero-order chi connectivity index (χ0) is 21.8. The largest absolute Gasteiger partial charge is 0.482 e. The van der Waals surface area contributed by atoms with Gasteiger partial charge in [0, 0.05) is 13.1 Å². The molecule has 0 spiro atoms. The molecule has 1 aliphatic rings. The third kappa shape index (κ3) is 4.68. The maximum Gasteiger partial charge on any atom is 0.264 e. The number of nitrogens with one attached hydrogen (secondary N) is 1. The van der Waals surface area contributed by atoms with E-state index in [0.29, 0.717) is 25.2 Å². The fraction of sp³-hybridized carbons (Fsp3) is 0.174. The Bertz CT molecular complexity index is 1200. The molecule has 0 saturated heterocycles. The number of carbonyl (C=O) groups excluding carboxylic acids is 1. The number of nitrogens with zero attached hydrogens (tertiary/aromatic N) is 1. The van der Waals surface area contributed by atoms with Crippen molar-refractivity contribution in [3.05, 3.63) is 88.9 Å². The minimum Gasteiger partial charge on any atom is -0.482 e. The van der Waals surface area contributed by atoms with Crippen LogP contribution < -0.4 is 14.4 Å². The second-order valence-corrected chi connectivity index (χ2v) is 9.37. The van der Waals surface area contributed by atoms with E-state index in [9.17, 15) is 13.2 Å². The zero-order valence-electron chi connectivity index (χ0n) is 16.6. The number of halogens is 1. The predicted octanol–water partition coefficient (Wildman–Crippen LogP) is 3.79. The van der Waals surface area contributed by atoms with Crippen LogP contribution in [0.2, 0.25) is 5.02 Å². The van der Waals surface area contributed by atoms with E-state index in [0.717, 1.165) is 11.1 Å². The van der Waals surface area contributed by atoms with Crippen molar-refractivity contribution in [3.63, 3.8) is 0 Å². The third-order valence-electron chi connectivity index (χ3n) is 5.03. The molecule has 0 saturated carbocycles. The normalized spacial score (nSPS) is 13.0. The van der Waals surface area contributed by atoms with E-state index >= 15 is 0 Å². The Morgan fingerprint density at radius 3 is 2.55 bits per heavy atom. The van der Waals surface area contributed by atoms with Gasteiger partial charge in [0.15, 0.2) is 6.61 Å². The van der Waals surface area contributed by atoms with Crippen LogP contribution in [-0.4, -0.2) is 27.5 Å². The van der Waals surface area contributed by atoms with E-state index in [1.165, 1.54) is 22.5 Å². The molecule has 6 nitrogen and oxygen atoms in total. The van der Waals surface area contributed by atoms with Gasteiger partial charge in [0.2, 0.25) is 0 Å². The monoisotopic (exact) mass is 456 g/mol. The van der Waals surface area contributed by atoms with E-state index in [4.69, 9.17) is 16.3 Å². The van der Waals surface area contributed by atoms with Crippen molar-refractivity contribution in [1.29, 1.82) is 0 Å². The summed E-state index contributed by atoms with van der Waals surface area (Å²) >= 11 is 6.26. The molecule has 1 amide bonds. The summed E-state index contributed by atoms with van der Waals surface area (Å²) in [6.07, 6.45) is 0.669. The second-order valence-electron chi connectivity index (χ2n) is 7.10. The molecule has 1 heterocycles. The topological polar surface area (TPSA) is 75.7 Å². The van der Waals surface area contributed by atoms with Gasteiger partial charge >= 0.3 is 0 Å². The summed E-state index contributed by atoms with van der Waals surface area (Å²) in [5.74, 6) is -0.0532. The summed E-state index contributed by atoms with van der Waals surface area (Å²) in [6.45, 7) is 0.558. The van der Waals surface area contributed by atoms with Crippen molar-refractivity contribution in [2.75, 3.05) is 17.5 Å². The molecule has 0 aliphatic carbocycles. The average molecular weight is 457 g/mol. The first-order valence-corrected chi connectivity index (χ1v) is 11.6. The molecular weight excluding hydrogens is 436 g/mol. The molecule has 8 heteroatoms. The quantitative estimate of drug-likeness (QED) is 0.587. The SMILES string of the molecule is O=C(COc1ccc(S(=O)(=O)N2CCc3ccccc32)cc1Cl)NCc1ccccc1. The van der Waals surface area contributed by atoms with Gasteiger partial charge < -0.3 is 10.1 Å². The maximum atomic E-state index is 13.1. The summed E-state index contributed by atoms with van der Waals surface area (Å²) < 4.78 is 33.1. The van der Waals surface area contributed by atoms with E-state index in [1.807, 2.05) is 48.5 Å². The fourth-order valence-corrected chi connectivity index (χ4v) is 5.26. The molecule has 0 aromatic heterocycles. The maximum absolute atomic E-state index is 13.1. The number of rotatable bonds is 7. The highest BCUT2D eigenvalue weighted by molar-refractivity contribution is 7.92. The van der Waals surface area contributed by atoms with Crippen LogP contribution in [-0.2, 0) is 27.8 Å². The van der Waals surface area contributed by atoms with Crippen LogP contribution in [0.1, 0.15) is 11.1 Å². The molecule has 1 aliphatic heterocycles. The van der Waals surface area contributed by atoms with Crippen molar-refractivity contribution in [2.45, 2.75) is 17.9 Å². The number of ether oxygens (including phenoxy) is 1. The number of hydrogen-bond acceptors (Lipinski definition) is 4. The highest BCUT2D eigenvalue weighted by Gasteiger charge is 2.31. The van der Waals surface area contributed by atoms with Gasteiger partial charge in [0.05, 0.1) is 15.6 Å². The van der Waals surface area contributed by atoms with Crippen LogP contribution >= 0.6 is 11.6 Å². The number of amides is 1. The molecule has 0 atom stereocenters. The Morgan fingerprint density at radius 1 is 1.03 bits per heavy atom. The molecule has 0 unspecified atom stereocenters. The van der Waals surface area contributed by atoms with E-state index in [1.54, 1.807) is 6.07 Å². The van der Waals surface area contributed by atoms with Crippen molar-refractivity contribution in [3.8, 4) is 5.75 Å². The van der Waals surface area contributed by atoms with Gasteiger partial charge in [-0.05, 0) is 41.8 Å². The number of anilines is 1. The smallest absolute Gasteiger partial charge is 0.264 e. The van der Waals surface area contributed by atoms with Crippen molar-refractivity contribution in [1.82, 2.24) is 5.32 Å². The number of sulfonamides is 1. The molecule has 4 rings (SSSR count). The summed E-state index contributed by atoms with van der Waals surface area (Å²) in [7, 11) is -3.75. The minimum absolute atomic E-state index is 0.0788. The van der Waals surface area contributed by atoms with Gasteiger partial charge in [0.1, 0.15) is 5.75 Å². The van der Waals surface area contributed by atoms with E-state index in [-0.39, 0.29) is 28.2 Å². The Hall–Kier alpha value is -3.03. The van der Waals surface area contributed by atoms with Crippen LogP contribution in [0.3, 0.4) is 0 Å². The fourth-order valence-electron chi connectivity index (χ4n) is 3.43. The summed E-state index contributed by atoms with van der Waals surface area (Å²) in [6, 6.07) is 21.2. The molecule has 31 heavy (non-hydrogen) atoms. The Labute approximate surface area is 186 Å². The lowest BCUT2D eigenvalue weighted by Crippen LogP contribution is -2.29. The molecule has 3 aromatic carbocycles. The van der Waals surface area contributed by atoms with Gasteiger partial charge in [0.25, 0.3) is 15.9 Å². The second kappa shape index (κ2) is 8.99. The highest BCUT2D eigenvalue weighted by Crippen LogP contribution is 2.35. The minimum atomic E-state index is -3.75. The van der Waals surface area contributed by atoms with Gasteiger partial charge in [-0.15, -0.1) is 0 Å². The third-order valence-corrected chi connectivity index (χ3v) is 7.13. The zero-order valence-corrected chi connectivity index (χ0v) is 18.2. The summed E-state index contributed by atoms with van der Waals surface area (Å²) in [4.78, 5) is 12.1. The van der Waals surface area contributed by atoms with Crippen LogP contribution in [0, 0.1) is 0 Å². The number of fused-ring (bicyclic) bond motifs is 1. The molecular formula is C23H21ClN2O4S. The first-order chi connectivity index (χ1) is 14.9. The number of para-hydroxylation sites is 1. The molecule has 1 N–H and O–H groups in total. The molecule has 3 aromatic rings. The molecule has 0 radical (unpaired) electrons. The Morgan fingerprint density at radius 2 is 1.77 bits per heavy atom. The lowest BCUT2D eigenvalue weighted by Gasteiger charge is -2.20. The molecule has 0 bridgehead atoms. The lowest BCUT2D eigenvalue weighted by molar-refractivity contribution is -0.123. The van der Waals surface area contributed by atoms with Crippen molar-refractivity contribution in [2.24, 2.45) is 0 Å². The first-order valence-electron chi connectivity index (χ1n) is 9.79. The Balaban J connectivity index is 1.41. The molecule has 160 valence electrons. The first kappa shape index (κ1) is 21.2. The van der Waals surface area contributed by atoms with Crippen LogP contribution in [0.15, 0.2) is 77.7 Å². The summed E-state index contributed by atoms with van der Waals surface area (Å²) in [5, 5.41) is 2.89. The average Bonchev–Trinajstić information content (AvgIpc) is 3.22. The van der Waals surface area contributed by atoms with E-state index in [2.05, 4.69) is 5.32 Å². The van der Waals surface area contributed by atoms with Crippen LogP contribution in [0.25, 0.3) is 0 Å². The Kier molecular flexibility index (Phi) is 6.15. The van der Waals surface area contributed by atoms with Gasteiger partial charge in [-0.2, -0.15) is 0 Å². The van der Waals surface area contributed by atoms with E-state index < -0.39 is 10.0 Å². The summed E-state index contributed by atoms with van der Waals surface area (Å²) in [5.41, 5.74) is 2.67. The number of hydrogen-bond donors (Lipinski definition) is 1. The van der Waals surface area contributed by atoms with Gasteiger partial charge in [-0.3, -0.25) is 9.10 Å². The molecule has 0 fully saturated rings. The van der Waals surface area contributed by atoms with Gasteiger partial charge in [-0.25, -0.2) is 8.42 Å². The van der Waals surface area contributed by atoms with Crippen LogP contribution in [0.5, 0.6) is 5.75 Å². The predicted molar refractivity (Wildman–Crippen MR) is 120 cm³/mol. The highest BCUT2D eigenvalue weighted by atomic mass is 35.5. The number of benzene rings is 3. The van der Waals surface area contributed by atoms with Gasteiger partial charge in [-0.1, -0.05) is 60.1 Å². The van der Waals surface area contributed by atoms with Crippen LogP contribution in [0.4, 0.5) is 5.69 Å². The standard InChI is InChI=1S/C23H21ClN2O4S/c24-20-14-19(31(28,29)26-13-12-18-8-4-5-9-21(18)26)10-11-22(20)30-16-23(27)25-15-17-6-2-1-3-7-17/h1-11,14H,12-13,15-16H2,(H,25,27). The number of carbonyl (C=O) groups is 1. The lowest BCUT2D eigenvalue weighted by atomic mass is 10.2. The van der Waals surface area contributed by atoms with Crippen molar-refractivity contribution < 1.29 is 17.9 Å². The van der Waals surface area contributed by atoms with Crippen molar-refractivity contribution >= 4 is 33.2 Å².